The fraction of sp³-hybridized carbons (Fsp3) is 0.273. The monoisotopic (exact) mass is 238 g/mol. The minimum Gasteiger partial charge on any atom is -0.311 e. The van der Waals surface area contributed by atoms with E-state index < -0.39 is 11.6 Å². The maximum absolute atomic E-state index is 13.6. The van der Waals surface area contributed by atoms with E-state index in [-0.39, 0.29) is 5.69 Å². The standard InChI is InChI=1S/C11H12F2N4/c1-2-14-6-8-7-15-16-17(8)11-9(12)4-3-5-10(11)13/h3-5,7,14H,2,6H2,1H3. The van der Waals surface area contributed by atoms with Gasteiger partial charge in [-0.25, -0.2) is 13.5 Å². The summed E-state index contributed by atoms with van der Waals surface area (Å²) < 4.78 is 28.3. The summed E-state index contributed by atoms with van der Waals surface area (Å²) in [5, 5.41) is 10.4. The average Bonchev–Trinajstić information content (AvgIpc) is 2.74. The van der Waals surface area contributed by atoms with E-state index in [1.54, 1.807) is 0 Å². The van der Waals surface area contributed by atoms with Gasteiger partial charge in [0.2, 0.25) is 0 Å². The highest BCUT2D eigenvalue weighted by molar-refractivity contribution is 5.35. The molecule has 2 aromatic rings. The van der Waals surface area contributed by atoms with Gasteiger partial charge in [0.1, 0.15) is 5.69 Å². The zero-order valence-electron chi connectivity index (χ0n) is 9.32. The zero-order chi connectivity index (χ0) is 12.3. The normalized spacial score (nSPS) is 10.8. The van der Waals surface area contributed by atoms with Gasteiger partial charge >= 0.3 is 0 Å². The van der Waals surface area contributed by atoms with Gasteiger partial charge in [-0.15, -0.1) is 5.10 Å². The lowest BCUT2D eigenvalue weighted by Crippen LogP contribution is -2.16. The quantitative estimate of drug-likeness (QED) is 0.880. The summed E-state index contributed by atoms with van der Waals surface area (Å²) in [5.74, 6) is -1.32. The Bertz CT molecular complexity index is 490. The lowest BCUT2D eigenvalue weighted by molar-refractivity contribution is 0.547. The van der Waals surface area contributed by atoms with Gasteiger partial charge in [-0.1, -0.05) is 18.2 Å². The second-order valence-electron chi connectivity index (χ2n) is 3.49. The van der Waals surface area contributed by atoms with Gasteiger partial charge in [0.15, 0.2) is 11.6 Å². The van der Waals surface area contributed by atoms with Crippen molar-refractivity contribution in [1.29, 1.82) is 0 Å². The molecule has 0 spiro atoms. The number of aromatic nitrogens is 3. The van der Waals surface area contributed by atoms with E-state index in [4.69, 9.17) is 0 Å². The number of rotatable bonds is 4. The Morgan fingerprint density at radius 3 is 2.65 bits per heavy atom. The van der Waals surface area contributed by atoms with Crippen LogP contribution < -0.4 is 5.32 Å². The molecule has 0 fully saturated rings. The highest BCUT2D eigenvalue weighted by Gasteiger charge is 2.14. The molecule has 0 aliphatic rings. The zero-order valence-corrected chi connectivity index (χ0v) is 9.32. The Morgan fingerprint density at radius 2 is 2.00 bits per heavy atom. The summed E-state index contributed by atoms with van der Waals surface area (Å²) in [7, 11) is 0. The fourth-order valence-electron chi connectivity index (χ4n) is 1.51. The van der Waals surface area contributed by atoms with Gasteiger partial charge in [0.05, 0.1) is 11.9 Å². The first-order chi connectivity index (χ1) is 8.24. The van der Waals surface area contributed by atoms with Gasteiger partial charge in [0.25, 0.3) is 0 Å². The predicted molar refractivity (Wildman–Crippen MR) is 58.7 cm³/mol. The van der Waals surface area contributed by atoms with E-state index in [0.717, 1.165) is 6.54 Å². The molecule has 0 saturated heterocycles. The van der Waals surface area contributed by atoms with Crippen LogP contribution in [0.2, 0.25) is 0 Å². The minimum absolute atomic E-state index is 0.196. The molecule has 0 saturated carbocycles. The molecule has 0 unspecified atom stereocenters. The number of nitrogens with one attached hydrogen (secondary N) is 1. The molecule has 17 heavy (non-hydrogen) atoms. The first-order valence-corrected chi connectivity index (χ1v) is 5.28. The molecule has 1 heterocycles. The predicted octanol–water partition coefficient (Wildman–Crippen LogP) is 1.66. The summed E-state index contributed by atoms with van der Waals surface area (Å²) in [4.78, 5) is 0. The largest absolute Gasteiger partial charge is 0.311 e. The first-order valence-electron chi connectivity index (χ1n) is 5.28. The van der Waals surface area contributed by atoms with Gasteiger partial charge in [-0.2, -0.15) is 0 Å². The van der Waals surface area contributed by atoms with Crippen molar-refractivity contribution < 1.29 is 8.78 Å². The molecular formula is C11H12F2N4. The minimum atomic E-state index is -0.659. The first kappa shape index (κ1) is 11.7. The molecule has 0 bridgehead atoms. The molecule has 1 N–H and O–H groups in total. The van der Waals surface area contributed by atoms with E-state index in [9.17, 15) is 8.78 Å². The van der Waals surface area contributed by atoms with E-state index >= 15 is 0 Å². The Balaban J connectivity index is 2.43. The van der Waals surface area contributed by atoms with E-state index in [0.29, 0.717) is 12.2 Å². The highest BCUT2D eigenvalue weighted by Crippen LogP contribution is 2.17. The van der Waals surface area contributed by atoms with Crippen LogP contribution in [0.1, 0.15) is 12.6 Å². The Hall–Kier alpha value is -1.82. The van der Waals surface area contributed by atoms with Crippen molar-refractivity contribution in [2.75, 3.05) is 6.54 Å². The molecule has 6 heteroatoms. The van der Waals surface area contributed by atoms with Crippen molar-refractivity contribution in [2.45, 2.75) is 13.5 Å². The van der Waals surface area contributed by atoms with Crippen LogP contribution in [0, 0.1) is 11.6 Å². The van der Waals surface area contributed by atoms with Crippen LogP contribution in [0.25, 0.3) is 5.69 Å². The lowest BCUT2D eigenvalue weighted by Gasteiger charge is -2.08. The average molecular weight is 238 g/mol. The highest BCUT2D eigenvalue weighted by atomic mass is 19.1. The number of hydrogen-bond acceptors (Lipinski definition) is 3. The maximum Gasteiger partial charge on any atom is 0.151 e. The Labute approximate surface area is 97.3 Å². The van der Waals surface area contributed by atoms with Crippen LogP contribution >= 0.6 is 0 Å². The van der Waals surface area contributed by atoms with E-state index in [1.807, 2.05) is 6.92 Å². The van der Waals surface area contributed by atoms with Gasteiger partial charge in [0, 0.05) is 6.54 Å². The summed E-state index contributed by atoms with van der Waals surface area (Å²) in [6.07, 6.45) is 1.48. The van der Waals surface area contributed by atoms with Gasteiger partial charge in [-0.05, 0) is 18.7 Å². The van der Waals surface area contributed by atoms with Crippen LogP contribution in [0.3, 0.4) is 0 Å². The van der Waals surface area contributed by atoms with Crippen LogP contribution in [0.15, 0.2) is 24.4 Å². The second kappa shape index (κ2) is 5.01. The smallest absolute Gasteiger partial charge is 0.151 e. The second-order valence-corrected chi connectivity index (χ2v) is 3.49. The molecule has 1 aromatic carbocycles. The van der Waals surface area contributed by atoms with Crippen molar-refractivity contribution >= 4 is 0 Å². The molecule has 0 radical (unpaired) electrons. The number of halogens is 2. The number of para-hydroxylation sites is 1. The fourth-order valence-corrected chi connectivity index (χ4v) is 1.51. The van der Waals surface area contributed by atoms with Gasteiger partial charge in [-0.3, -0.25) is 0 Å². The molecule has 2 rings (SSSR count). The Kier molecular flexibility index (Phi) is 3.43. The summed E-state index contributed by atoms with van der Waals surface area (Å²) >= 11 is 0. The molecule has 0 atom stereocenters. The van der Waals surface area contributed by atoms with Crippen LogP contribution in [-0.2, 0) is 6.54 Å². The third kappa shape index (κ3) is 2.31. The van der Waals surface area contributed by atoms with Crippen molar-refractivity contribution in [2.24, 2.45) is 0 Å². The number of nitrogens with zero attached hydrogens (tertiary/aromatic N) is 3. The molecule has 0 amide bonds. The van der Waals surface area contributed by atoms with E-state index in [2.05, 4.69) is 15.6 Å². The lowest BCUT2D eigenvalue weighted by atomic mass is 10.3. The van der Waals surface area contributed by atoms with Gasteiger partial charge < -0.3 is 5.32 Å². The third-order valence-electron chi connectivity index (χ3n) is 2.33. The number of benzene rings is 1. The van der Waals surface area contributed by atoms with Crippen molar-refractivity contribution in [3.63, 3.8) is 0 Å². The molecule has 0 aliphatic carbocycles. The summed E-state index contributed by atoms with van der Waals surface area (Å²) in [5.41, 5.74) is 0.411. The Morgan fingerprint density at radius 1 is 1.29 bits per heavy atom. The van der Waals surface area contributed by atoms with Crippen LogP contribution in [0.5, 0.6) is 0 Å². The molecular weight excluding hydrogens is 226 g/mol. The van der Waals surface area contributed by atoms with E-state index in [1.165, 1.54) is 29.1 Å². The van der Waals surface area contributed by atoms with Crippen LogP contribution in [0.4, 0.5) is 8.78 Å². The molecule has 4 nitrogen and oxygen atoms in total. The maximum atomic E-state index is 13.6. The third-order valence-corrected chi connectivity index (χ3v) is 2.33. The van der Waals surface area contributed by atoms with Crippen molar-refractivity contribution in [3.05, 3.63) is 41.7 Å². The molecule has 1 aromatic heterocycles. The number of hydrogen-bond donors (Lipinski definition) is 1. The SMILES string of the molecule is CCNCc1cnnn1-c1c(F)cccc1F. The topological polar surface area (TPSA) is 42.7 Å². The summed E-state index contributed by atoms with van der Waals surface area (Å²) in [6, 6.07) is 3.70. The molecule has 90 valence electrons. The van der Waals surface area contributed by atoms with Crippen molar-refractivity contribution in [3.8, 4) is 5.69 Å². The van der Waals surface area contributed by atoms with Crippen LogP contribution in [-0.4, -0.2) is 21.5 Å². The molecule has 0 aliphatic heterocycles. The van der Waals surface area contributed by atoms with Crippen molar-refractivity contribution in [1.82, 2.24) is 20.3 Å². The summed E-state index contributed by atoms with van der Waals surface area (Å²) in [6.45, 7) is 3.15.